The Morgan fingerprint density at radius 2 is 2.00 bits per heavy atom. The summed E-state index contributed by atoms with van der Waals surface area (Å²) in [6.07, 6.45) is 0. The van der Waals surface area contributed by atoms with Gasteiger partial charge >= 0.3 is 0 Å². The van der Waals surface area contributed by atoms with E-state index in [4.69, 9.17) is 11.6 Å². The third-order valence-corrected chi connectivity index (χ3v) is 3.97. The molecule has 102 valence electrons. The van der Waals surface area contributed by atoms with Crippen LogP contribution in [0.1, 0.15) is 19.4 Å². The molecule has 0 aromatic heterocycles. The number of nitrogens with one attached hydrogen (secondary N) is 2. The molecule has 1 rings (SSSR count). The molecule has 4 nitrogen and oxygen atoms in total. The van der Waals surface area contributed by atoms with Crippen molar-refractivity contribution in [2.45, 2.75) is 31.3 Å². The SMILES string of the molecule is CNS(=O)(=O)c1cc(Cl)cc(CNC(C)C)c1F. The minimum Gasteiger partial charge on any atom is -0.310 e. The van der Waals surface area contributed by atoms with Crippen LogP contribution in [-0.4, -0.2) is 21.5 Å². The first kappa shape index (κ1) is 15.4. The molecule has 0 saturated heterocycles. The van der Waals surface area contributed by atoms with Crippen molar-refractivity contribution in [3.8, 4) is 0 Å². The highest BCUT2D eigenvalue weighted by molar-refractivity contribution is 7.89. The Morgan fingerprint density at radius 3 is 2.50 bits per heavy atom. The van der Waals surface area contributed by atoms with Crippen molar-refractivity contribution in [3.63, 3.8) is 0 Å². The molecule has 0 radical (unpaired) electrons. The van der Waals surface area contributed by atoms with Crippen LogP contribution in [0.3, 0.4) is 0 Å². The Balaban J connectivity index is 3.23. The van der Waals surface area contributed by atoms with Gasteiger partial charge in [0, 0.05) is 23.2 Å². The molecule has 0 atom stereocenters. The highest BCUT2D eigenvalue weighted by Gasteiger charge is 2.20. The van der Waals surface area contributed by atoms with Crippen LogP contribution < -0.4 is 10.0 Å². The van der Waals surface area contributed by atoms with Gasteiger partial charge in [-0.25, -0.2) is 17.5 Å². The number of hydrogen-bond donors (Lipinski definition) is 2. The van der Waals surface area contributed by atoms with E-state index in [0.29, 0.717) is 0 Å². The zero-order valence-corrected chi connectivity index (χ0v) is 12.0. The quantitative estimate of drug-likeness (QED) is 0.872. The first-order valence-electron chi connectivity index (χ1n) is 5.42. The molecular formula is C11H16ClFN2O2S. The Morgan fingerprint density at radius 1 is 1.39 bits per heavy atom. The smallest absolute Gasteiger partial charge is 0.243 e. The van der Waals surface area contributed by atoms with Crippen molar-refractivity contribution in [2.24, 2.45) is 0 Å². The molecule has 0 aliphatic rings. The molecule has 0 aliphatic carbocycles. The highest BCUT2D eigenvalue weighted by Crippen LogP contribution is 2.23. The van der Waals surface area contributed by atoms with Gasteiger partial charge in [0.05, 0.1) is 0 Å². The fourth-order valence-electron chi connectivity index (χ4n) is 1.37. The standard InChI is InChI=1S/C11H16ClFN2O2S/c1-7(2)15-6-8-4-9(12)5-10(11(8)13)18(16,17)14-3/h4-5,7,14-15H,6H2,1-3H3. The van der Waals surface area contributed by atoms with E-state index >= 15 is 0 Å². The minimum atomic E-state index is -3.85. The van der Waals surface area contributed by atoms with Gasteiger partial charge in [-0.1, -0.05) is 25.4 Å². The molecule has 2 N–H and O–H groups in total. The molecule has 0 fully saturated rings. The maximum absolute atomic E-state index is 14.1. The van der Waals surface area contributed by atoms with Crippen molar-refractivity contribution < 1.29 is 12.8 Å². The molecule has 0 amide bonds. The van der Waals surface area contributed by atoms with E-state index in [1.165, 1.54) is 13.1 Å². The summed E-state index contributed by atoms with van der Waals surface area (Å²) in [4.78, 5) is -0.432. The van der Waals surface area contributed by atoms with Gasteiger partial charge in [-0.05, 0) is 19.2 Å². The van der Waals surface area contributed by atoms with Crippen molar-refractivity contribution in [3.05, 3.63) is 28.5 Å². The number of benzene rings is 1. The lowest BCUT2D eigenvalue weighted by Crippen LogP contribution is -2.24. The maximum Gasteiger partial charge on any atom is 0.243 e. The number of halogens is 2. The lowest BCUT2D eigenvalue weighted by atomic mass is 10.2. The predicted molar refractivity (Wildman–Crippen MR) is 69.6 cm³/mol. The molecular weight excluding hydrogens is 279 g/mol. The van der Waals surface area contributed by atoms with E-state index < -0.39 is 20.7 Å². The Labute approximate surface area is 112 Å². The van der Waals surface area contributed by atoms with Crippen molar-refractivity contribution >= 4 is 21.6 Å². The molecule has 7 heteroatoms. The van der Waals surface area contributed by atoms with Crippen LogP contribution >= 0.6 is 11.6 Å². The van der Waals surface area contributed by atoms with Gasteiger partial charge in [-0.2, -0.15) is 0 Å². The Bertz CT molecular complexity index is 532. The van der Waals surface area contributed by atoms with Crippen LogP contribution in [0.2, 0.25) is 5.02 Å². The van der Waals surface area contributed by atoms with Crippen molar-refractivity contribution in [1.82, 2.24) is 10.0 Å². The van der Waals surface area contributed by atoms with Crippen LogP contribution in [0.4, 0.5) is 4.39 Å². The van der Waals surface area contributed by atoms with E-state index in [2.05, 4.69) is 10.0 Å². The second kappa shape index (κ2) is 5.97. The normalized spacial score (nSPS) is 12.1. The van der Waals surface area contributed by atoms with E-state index in [1.807, 2.05) is 13.8 Å². The zero-order valence-electron chi connectivity index (χ0n) is 10.4. The average molecular weight is 295 g/mol. The first-order chi connectivity index (χ1) is 8.27. The molecule has 0 aliphatic heterocycles. The van der Waals surface area contributed by atoms with E-state index in [9.17, 15) is 12.8 Å². The van der Waals surface area contributed by atoms with Crippen molar-refractivity contribution in [2.75, 3.05) is 7.05 Å². The first-order valence-corrected chi connectivity index (χ1v) is 7.29. The average Bonchev–Trinajstić information content (AvgIpc) is 2.29. The summed E-state index contributed by atoms with van der Waals surface area (Å²) in [7, 11) is -2.63. The number of sulfonamides is 1. The third kappa shape index (κ3) is 3.65. The largest absolute Gasteiger partial charge is 0.310 e. The molecule has 0 bridgehead atoms. The van der Waals surface area contributed by atoms with Gasteiger partial charge < -0.3 is 5.32 Å². The molecule has 0 saturated carbocycles. The van der Waals surface area contributed by atoms with Crippen molar-refractivity contribution in [1.29, 1.82) is 0 Å². The fourth-order valence-corrected chi connectivity index (χ4v) is 2.54. The van der Waals surface area contributed by atoms with Gasteiger partial charge in [0.2, 0.25) is 10.0 Å². The van der Waals surface area contributed by atoms with Crippen LogP contribution in [0.25, 0.3) is 0 Å². The summed E-state index contributed by atoms with van der Waals surface area (Å²) < 4.78 is 39.4. The van der Waals surface area contributed by atoms with Gasteiger partial charge in [-0.15, -0.1) is 0 Å². The molecule has 1 aromatic rings. The second-order valence-corrected chi connectivity index (χ2v) is 6.41. The summed E-state index contributed by atoms with van der Waals surface area (Å²) >= 11 is 5.81. The number of hydrogen-bond acceptors (Lipinski definition) is 3. The molecule has 0 heterocycles. The van der Waals surface area contributed by atoms with Crippen LogP contribution in [0, 0.1) is 5.82 Å². The van der Waals surface area contributed by atoms with Gasteiger partial charge in [0.15, 0.2) is 0 Å². The maximum atomic E-state index is 14.1. The summed E-state index contributed by atoms with van der Waals surface area (Å²) in [5.74, 6) is -0.776. The highest BCUT2D eigenvalue weighted by atomic mass is 35.5. The predicted octanol–water partition coefficient (Wildman–Crippen LogP) is 1.89. The van der Waals surface area contributed by atoms with Crippen LogP contribution in [0.5, 0.6) is 0 Å². The van der Waals surface area contributed by atoms with Gasteiger partial charge in [0.25, 0.3) is 0 Å². The summed E-state index contributed by atoms with van der Waals surface area (Å²) in [6.45, 7) is 4.04. The van der Waals surface area contributed by atoms with Crippen LogP contribution in [0.15, 0.2) is 17.0 Å². The molecule has 0 spiro atoms. The summed E-state index contributed by atoms with van der Waals surface area (Å²) in [5, 5.41) is 3.20. The Kier molecular flexibility index (Phi) is 5.10. The minimum absolute atomic E-state index is 0.160. The fraction of sp³-hybridized carbons (Fsp3) is 0.455. The number of rotatable bonds is 5. The lowest BCUT2D eigenvalue weighted by Gasteiger charge is -2.12. The van der Waals surface area contributed by atoms with Crippen LogP contribution in [-0.2, 0) is 16.6 Å². The second-order valence-electron chi connectivity index (χ2n) is 4.12. The molecule has 1 aromatic carbocycles. The van der Waals surface area contributed by atoms with E-state index in [0.717, 1.165) is 6.07 Å². The monoisotopic (exact) mass is 294 g/mol. The molecule has 18 heavy (non-hydrogen) atoms. The van der Waals surface area contributed by atoms with E-state index in [-0.39, 0.29) is 23.2 Å². The zero-order chi connectivity index (χ0) is 13.9. The topological polar surface area (TPSA) is 58.2 Å². The van der Waals surface area contributed by atoms with Gasteiger partial charge in [0.1, 0.15) is 10.7 Å². The summed E-state index contributed by atoms with van der Waals surface area (Å²) in [6, 6.07) is 2.68. The van der Waals surface area contributed by atoms with Gasteiger partial charge in [-0.3, -0.25) is 0 Å². The van der Waals surface area contributed by atoms with E-state index in [1.54, 1.807) is 0 Å². The molecule has 0 unspecified atom stereocenters. The summed E-state index contributed by atoms with van der Waals surface area (Å²) in [5.41, 5.74) is 0.227. The lowest BCUT2D eigenvalue weighted by molar-refractivity contribution is 0.530. The Hall–Kier alpha value is -0.690. The third-order valence-electron chi connectivity index (χ3n) is 2.34.